The molecule has 118 valence electrons. The van der Waals surface area contributed by atoms with E-state index in [1.807, 2.05) is 7.05 Å². The van der Waals surface area contributed by atoms with Crippen LogP contribution >= 0.6 is 0 Å². The summed E-state index contributed by atoms with van der Waals surface area (Å²) in [6.07, 6.45) is 4.31. The van der Waals surface area contributed by atoms with Crippen LogP contribution in [0.25, 0.3) is 0 Å². The number of nitrogens with one attached hydrogen (secondary N) is 1. The summed E-state index contributed by atoms with van der Waals surface area (Å²) in [6, 6.07) is 0. The van der Waals surface area contributed by atoms with Gasteiger partial charge in [0.05, 0.1) is 6.20 Å². The monoisotopic (exact) mass is 316 g/mol. The molecular weight excluding hydrogens is 296 g/mol. The van der Waals surface area contributed by atoms with E-state index in [2.05, 4.69) is 10.4 Å². The van der Waals surface area contributed by atoms with Crippen LogP contribution in [0.1, 0.15) is 12.8 Å². The van der Waals surface area contributed by atoms with Crippen molar-refractivity contribution in [3.8, 4) is 0 Å². The molecule has 2 rings (SSSR count). The topological polar surface area (TPSA) is 105 Å². The van der Waals surface area contributed by atoms with Crippen LogP contribution < -0.4 is 5.32 Å². The Balaban J connectivity index is 2.13. The molecule has 1 aromatic rings. The summed E-state index contributed by atoms with van der Waals surface area (Å²) < 4.78 is 27.7. The summed E-state index contributed by atoms with van der Waals surface area (Å²) in [5.74, 6) is -0.762. The van der Waals surface area contributed by atoms with E-state index >= 15 is 0 Å². The number of hydrogen-bond donors (Lipinski definition) is 2. The Morgan fingerprint density at radius 3 is 3.00 bits per heavy atom. The lowest BCUT2D eigenvalue weighted by Gasteiger charge is -2.31. The smallest absolute Gasteiger partial charge is 0.325 e. The van der Waals surface area contributed by atoms with E-state index in [-0.39, 0.29) is 11.4 Å². The van der Waals surface area contributed by atoms with Gasteiger partial charge in [-0.2, -0.15) is 9.40 Å². The molecule has 2 heterocycles. The van der Waals surface area contributed by atoms with E-state index in [1.54, 1.807) is 0 Å². The molecule has 1 saturated heterocycles. The van der Waals surface area contributed by atoms with Gasteiger partial charge in [0.2, 0.25) is 10.0 Å². The zero-order valence-corrected chi connectivity index (χ0v) is 12.7. The molecule has 9 heteroatoms. The zero-order valence-electron chi connectivity index (χ0n) is 11.9. The fraction of sp³-hybridized carbons (Fsp3) is 0.667. The van der Waals surface area contributed by atoms with Crippen LogP contribution in [0.5, 0.6) is 0 Å². The second kappa shape index (κ2) is 6.54. The van der Waals surface area contributed by atoms with Crippen LogP contribution in [0.2, 0.25) is 0 Å². The normalized spacial score (nSPS) is 20.5. The predicted molar refractivity (Wildman–Crippen MR) is 75.3 cm³/mol. The molecule has 0 saturated carbocycles. The minimum Gasteiger partial charge on any atom is -0.480 e. The molecule has 0 amide bonds. The van der Waals surface area contributed by atoms with E-state index in [0.29, 0.717) is 19.0 Å². The molecule has 8 nitrogen and oxygen atoms in total. The Kier molecular flexibility index (Phi) is 4.96. The molecule has 2 N–H and O–H groups in total. The van der Waals surface area contributed by atoms with E-state index in [0.717, 1.165) is 24.1 Å². The van der Waals surface area contributed by atoms with Crippen LogP contribution in [0.3, 0.4) is 0 Å². The zero-order chi connectivity index (χ0) is 15.5. The van der Waals surface area contributed by atoms with Gasteiger partial charge >= 0.3 is 5.97 Å². The summed E-state index contributed by atoms with van der Waals surface area (Å²) in [5.41, 5.74) is 0. The van der Waals surface area contributed by atoms with E-state index < -0.39 is 16.0 Å². The molecule has 0 aromatic carbocycles. The van der Waals surface area contributed by atoms with Crippen molar-refractivity contribution in [3.05, 3.63) is 12.4 Å². The molecule has 1 fully saturated rings. The van der Waals surface area contributed by atoms with Crippen molar-refractivity contribution in [2.24, 2.45) is 5.92 Å². The van der Waals surface area contributed by atoms with Crippen LogP contribution in [0, 0.1) is 5.92 Å². The average molecular weight is 316 g/mol. The first kappa shape index (κ1) is 15.9. The van der Waals surface area contributed by atoms with Crippen molar-refractivity contribution in [2.75, 3.05) is 26.7 Å². The number of nitrogens with zero attached hydrogens (tertiary/aromatic N) is 3. The van der Waals surface area contributed by atoms with Gasteiger partial charge in [-0.1, -0.05) is 0 Å². The third kappa shape index (κ3) is 3.80. The number of carbonyl (C=O) groups is 1. The maximum absolute atomic E-state index is 12.5. The van der Waals surface area contributed by atoms with Crippen LogP contribution in [-0.2, 0) is 21.4 Å². The fourth-order valence-electron chi connectivity index (χ4n) is 2.55. The Bertz CT molecular complexity index is 596. The van der Waals surface area contributed by atoms with Gasteiger partial charge < -0.3 is 10.4 Å². The molecule has 21 heavy (non-hydrogen) atoms. The lowest BCUT2D eigenvalue weighted by Crippen LogP contribution is -2.42. The highest BCUT2D eigenvalue weighted by Gasteiger charge is 2.30. The first-order valence-corrected chi connectivity index (χ1v) is 8.26. The van der Waals surface area contributed by atoms with Crippen molar-refractivity contribution < 1.29 is 18.3 Å². The number of aliphatic carboxylic acids is 1. The number of sulfonamides is 1. The van der Waals surface area contributed by atoms with Crippen molar-refractivity contribution in [1.29, 1.82) is 0 Å². The molecule has 1 aromatic heterocycles. The number of carboxylic acids is 1. The molecular formula is C12H20N4O4S. The summed E-state index contributed by atoms with van der Waals surface area (Å²) in [7, 11) is -1.75. The second-order valence-electron chi connectivity index (χ2n) is 5.20. The lowest BCUT2D eigenvalue weighted by molar-refractivity contribution is -0.137. The Hall–Kier alpha value is -1.45. The highest BCUT2D eigenvalue weighted by atomic mass is 32.2. The summed E-state index contributed by atoms with van der Waals surface area (Å²) >= 11 is 0. The number of carboxylic acid groups (broad SMARTS) is 1. The second-order valence-corrected chi connectivity index (χ2v) is 7.13. The third-order valence-electron chi connectivity index (χ3n) is 3.52. The standard InChI is InChI=1S/C12H20N4O4S/c1-13-5-10-3-2-4-16(7-10)21(19,20)11-6-14-15(8-11)9-12(17)18/h6,8,10,13H,2-5,7,9H2,1H3,(H,17,18). The number of hydrogen-bond acceptors (Lipinski definition) is 5. The lowest BCUT2D eigenvalue weighted by atomic mass is 10.00. The summed E-state index contributed by atoms with van der Waals surface area (Å²) in [6.45, 7) is 1.40. The molecule has 1 aliphatic heterocycles. The van der Waals surface area contributed by atoms with E-state index in [1.165, 1.54) is 16.7 Å². The minimum absolute atomic E-state index is 0.0499. The Labute approximate surface area is 123 Å². The largest absolute Gasteiger partial charge is 0.480 e. The van der Waals surface area contributed by atoms with Gasteiger partial charge in [-0.05, 0) is 32.4 Å². The molecule has 1 atom stereocenters. The molecule has 1 unspecified atom stereocenters. The number of aromatic nitrogens is 2. The molecule has 0 aliphatic carbocycles. The van der Waals surface area contributed by atoms with Gasteiger partial charge in [0, 0.05) is 19.3 Å². The van der Waals surface area contributed by atoms with E-state index in [4.69, 9.17) is 5.11 Å². The van der Waals surface area contributed by atoms with Crippen LogP contribution in [-0.4, -0.2) is 60.3 Å². The van der Waals surface area contributed by atoms with Crippen molar-refractivity contribution in [3.63, 3.8) is 0 Å². The molecule has 0 radical (unpaired) electrons. The fourth-order valence-corrected chi connectivity index (χ4v) is 4.06. The highest BCUT2D eigenvalue weighted by molar-refractivity contribution is 7.89. The summed E-state index contributed by atoms with van der Waals surface area (Å²) in [4.78, 5) is 10.7. The van der Waals surface area contributed by atoms with Gasteiger partial charge in [-0.3, -0.25) is 9.48 Å². The van der Waals surface area contributed by atoms with Crippen LogP contribution in [0.4, 0.5) is 0 Å². The Morgan fingerprint density at radius 1 is 1.57 bits per heavy atom. The van der Waals surface area contributed by atoms with Crippen molar-refractivity contribution >= 4 is 16.0 Å². The van der Waals surface area contributed by atoms with Gasteiger partial charge in [-0.25, -0.2) is 8.42 Å². The minimum atomic E-state index is -3.60. The first-order chi connectivity index (χ1) is 9.93. The van der Waals surface area contributed by atoms with Gasteiger partial charge in [-0.15, -0.1) is 0 Å². The van der Waals surface area contributed by atoms with Crippen LogP contribution in [0.15, 0.2) is 17.3 Å². The molecule has 0 bridgehead atoms. The molecule has 0 spiro atoms. The maximum Gasteiger partial charge on any atom is 0.325 e. The van der Waals surface area contributed by atoms with E-state index in [9.17, 15) is 13.2 Å². The Morgan fingerprint density at radius 2 is 2.33 bits per heavy atom. The predicted octanol–water partition coefficient (Wildman–Crippen LogP) is -0.412. The third-order valence-corrected chi connectivity index (χ3v) is 5.34. The van der Waals surface area contributed by atoms with Gasteiger partial charge in [0.1, 0.15) is 11.4 Å². The van der Waals surface area contributed by atoms with Crippen molar-refractivity contribution in [1.82, 2.24) is 19.4 Å². The number of rotatable bonds is 6. The highest BCUT2D eigenvalue weighted by Crippen LogP contribution is 2.23. The quantitative estimate of drug-likeness (QED) is 0.739. The van der Waals surface area contributed by atoms with Gasteiger partial charge in [0.25, 0.3) is 0 Å². The average Bonchev–Trinajstić information content (AvgIpc) is 2.88. The molecule has 1 aliphatic rings. The number of piperidine rings is 1. The van der Waals surface area contributed by atoms with Crippen molar-refractivity contribution in [2.45, 2.75) is 24.3 Å². The van der Waals surface area contributed by atoms with Gasteiger partial charge in [0.15, 0.2) is 0 Å². The SMILES string of the molecule is CNCC1CCCN(S(=O)(=O)c2cnn(CC(=O)O)c2)C1. The first-order valence-electron chi connectivity index (χ1n) is 6.82. The maximum atomic E-state index is 12.5. The summed E-state index contributed by atoms with van der Waals surface area (Å²) in [5, 5.41) is 15.6.